The van der Waals surface area contributed by atoms with Crippen molar-refractivity contribution in [2.75, 3.05) is 32.9 Å². The van der Waals surface area contributed by atoms with Crippen molar-refractivity contribution in [3.63, 3.8) is 0 Å². The smallest absolute Gasteiger partial charge is 0.140 e. The molecule has 0 radical (unpaired) electrons. The Balaban J connectivity index is 2.99. The first-order valence-corrected chi connectivity index (χ1v) is 4.67. The summed E-state index contributed by atoms with van der Waals surface area (Å²) in [7, 11) is 0. The minimum Gasteiger partial charge on any atom is -0.409 e. The number of nitrogens with two attached hydrogens (primary N) is 1. The summed E-state index contributed by atoms with van der Waals surface area (Å²) in [5, 5.41) is 22.6. The van der Waals surface area contributed by atoms with Gasteiger partial charge in [0.25, 0.3) is 0 Å². The Bertz CT molecular complexity index is 153. The lowest BCUT2D eigenvalue weighted by molar-refractivity contribution is 0.0908. The predicted molar refractivity (Wildman–Crippen MR) is 53.4 cm³/mol. The molecule has 0 bridgehead atoms. The van der Waals surface area contributed by atoms with Crippen LogP contribution >= 0.6 is 0 Å². The predicted octanol–water partition coefficient (Wildman–Crippen LogP) is -0.888. The molecule has 0 amide bonds. The monoisotopic (exact) mass is 205 g/mol. The average Bonchev–Trinajstić information content (AvgIpc) is 2.21. The number of nitrogens with zero attached hydrogens (tertiary/aromatic N) is 1. The van der Waals surface area contributed by atoms with Crippen LogP contribution in [0.1, 0.15) is 12.8 Å². The van der Waals surface area contributed by atoms with Crippen molar-refractivity contribution in [3.05, 3.63) is 0 Å². The summed E-state index contributed by atoms with van der Waals surface area (Å²) in [5.41, 5.74) is 5.26. The van der Waals surface area contributed by atoms with Crippen molar-refractivity contribution >= 4 is 5.84 Å². The largest absolute Gasteiger partial charge is 0.409 e. The molecule has 0 fully saturated rings. The number of nitrogens with one attached hydrogen (secondary N) is 1. The lowest BCUT2D eigenvalue weighted by Crippen LogP contribution is -2.23. The van der Waals surface area contributed by atoms with Gasteiger partial charge in [0, 0.05) is 19.6 Å². The van der Waals surface area contributed by atoms with Gasteiger partial charge in [-0.05, 0) is 13.0 Å². The molecule has 0 aromatic heterocycles. The van der Waals surface area contributed by atoms with Gasteiger partial charge in [0.15, 0.2) is 0 Å². The summed E-state index contributed by atoms with van der Waals surface area (Å²) >= 11 is 0. The fourth-order valence-electron chi connectivity index (χ4n) is 0.857. The second kappa shape index (κ2) is 10.2. The van der Waals surface area contributed by atoms with Crippen molar-refractivity contribution < 1.29 is 15.1 Å². The molecule has 0 aliphatic heterocycles. The average molecular weight is 205 g/mol. The van der Waals surface area contributed by atoms with Crippen LogP contribution < -0.4 is 11.1 Å². The first kappa shape index (κ1) is 13.2. The Morgan fingerprint density at radius 2 is 2.14 bits per heavy atom. The van der Waals surface area contributed by atoms with Gasteiger partial charge in [-0.25, -0.2) is 0 Å². The van der Waals surface area contributed by atoms with Gasteiger partial charge in [0.2, 0.25) is 0 Å². The molecule has 84 valence electrons. The maximum atomic E-state index is 8.40. The van der Waals surface area contributed by atoms with Gasteiger partial charge >= 0.3 is 0 Å². The number of aliphatic hydroxyl groups excluding tert-OH is 1. The Morgan fingerprint density at radius 3 is 2.79 bits per heavy atom. The molecular formula is C8H19N3O3. The van der Waals surface area contributed by atoms with Crippen molar-refractivity contribution in [2.24, 2.45) is 10.9 Å². The quantitative estimate of drug-likeness (QED) is 0.129. The van der Waals surface area contributed by atoms with Crippen LogP contribution in [-0.4, -0.2) is 49.1 Å². The molecule has 0 atom stereocenters. The molecule has 0 aromatic rings. The van der Waals surface area contributed by atoms with E-state index in [0.717, 1.165) is 13.0 Å². The molecule has 0 heterocycles. The van der Waals surface area contributed by atoms with Gasteiger partial charge in [0.05, 0.1) is 13.2 Å². The molecule has 0 spiro atoms. The number of oxime groups is 1. The van der Waals surface area contributed by atoms with Crippen LogP contribution in [0.15, 0.2) is 5.16 Å². The summed E-state index contributed by atoms with van der Waals surface area (Å²) < 4.78 is 5.05. The van der Waals surface area contributed by atoms with Crippen molar-refractivity contribution in [1.82, 2.24) is 5.32 Å². The summed E-state index contributed by atoms with van der Waals surface area (Å²) in [6, 6.07) is 0. The fourth-order valence-corrected chi connectivity index (χ4v) is 0.857. The molecule has 14 heavy (non-hydrogen) atoms. The maximum Gasteiger partial charge on any atom is 0.140 e. The summed E-state index contributed by atoms with van der Waals surface area (Å²) in [5.74, 6) is 0.231. The second-order valence-electron chi connectivity index (χ2n) is 2.78. The highest BCUT2D eigenvalue weighted by molar-refractivity contribution is 5.79. The van der Waals surface area contributed by atoms with E-state index in [1.807, 2.05) is 0 Å². The first-order valence-electron chi connectivity index (χ1n) is 4.67. The summed E-state index contributed by atoms with van der Waals surface area (Å²) in [6.45, 7) is 2.61. The Kier molecular flexibility index (Phi) is 9.61. The van der Waals surface area contributed by atoms with E-state index < -0.39 is 0 Å². The third-order valence-corrected chi connectivity index (χ3v) is 1.56. The van der Waals surface area contributed by atoms with E-state index in [9.17, 15) is 0 Å². The zero-order valence-corrected chi connectivity index (χ0v) is 8.28. The highest BCUT2D eigenvalue weighted by Crippen LogP contribution is 1.81. The summed E-state index contributed by atoms with van der Waals surface area (Å²) in [6.07, 6.45) is 1.42. The van der Waals surface area contributed by atoms with Gasteiger partial charge in [-0.2, -0.15) is 0 Å². The highest BCUT2D eigenvalue weighted by Gasteiger charge is 1.92. The maximum absolute atomic E-state index is 8.40. The molecule has 0 saturated carbocycles. The zero-order chi connectivity index (χ0) is 10.6. The van der Waals surface area contributed by atoms with Crippen molar-refractivity contribution in [1.29, 1.82) is 0 Å². The van der Waals surface area contributed by atoms with E-state index >= 15 is 0 Å². The van der Waals surface area contributed by atoms with Crippen LogP contribution in [0.25, 0.3) is 0 Å². The van der Waals surface area contributed by atoms with Crippen molar-refractivity contribution in [3.8, 4) is 0 Å². The number of aliphatic hydroxyl groups is 1. The first-order chi connectivity index (χ1) is 6.81. The lowest BCUT2D eigenvalue weighted by Gasteiger charge is -2.04. The molecular weight excluding hydrogens is 186 g/mol. The normalized spacial score (nSPS) is 11.9. The minimum atomic E-state index is 0.0664. The van der Waals surface area contributed by atoms with Gasteiger partial charge in [-0.1, -0.05) is 5.16 Å². The lowest BCUT2D eigenvalue weighted by atomic mass is 10.4. The third-order valence-electron chi connectivity index (χ3n) is 1.56. The Morgan fingerprint density at radius 1 is 1.36 bits per heavy atom. The van der Waals surface area contributed by atoms with Crippen LogP contribution in [0.3, 0.4) is 0 Å². The van der Waals surface area contributed by atoms with Gasteiger partial charge in [0.1, 0.15) is 5.84 Å². The Labute approximate surface area is 83.7 Å². The standard InChI is InChI=1S/C8H19N3O3/c9-8(11-13)2-4-10-3-1-6-14-7-5-12/h10,12-13H,1-7H2,(H2,9,11). The van der Waals surface area contributed by atoms with E-state index in [0.29, 0.717) is 26.2 Å². The molecule has 0 rings (SSSR count). The van der Waals surface area contributed by atoms with Crippen LogP contribution in [0.2, 0.25) is 0 Å². The van der Waals surface area contributed by atoms with Gasteiger partial charge in [-0.15, -0.1) is 0 Å². The van der Waals surface area contributed by atoms with Crippen LogP contribution in [0.5, 0.6) is 0 Å². The second-order valence-corrected chi connectivity index (χ2v) is 2.78. The molecule has 6 nitrogen and oxygen atoms in total. The number of hydrogen-bond acceptors (Lipinski definition) is 5. The van der Waals surface area contributed by atoms with E-state index in [-0.39, 0.29) is 12.4 Å². The van der Waals surface area contributed by atoms with Gasteiger partial charge in [-0.3, -0.25) is 0 Å². The number of rotatable bonds is 9. The molecule has 0 aromatic carbocycles. The molecule has 6 heteroatoms. The molecule has 0 unspecified atom stereocenters. The number of hydrogen-bond donors (Lipinski definition) is 4. The van der Waals surface area contributed by atoms with Gasteiger partial charge < -0.3 is 26.1 Å². The molecule has 5 N–H and O–H groups in total. The van der Waals surface area contributed by atoms with Crippen LogP contribution in [-0.2, 0) is 4.74 Å². The zero-order valence-electron chi connectivity index (χ0n) is 8.28. The highest BCUT2D eigenvalue weighted by atomic mass is 16.5. The number of amidine groups is 1. The van der Waals surface area contributed by atoms with E-state index in [1.54, 1.807) is 0 Å². The van der Waals surface area contributed by atoms with E-state index in [4.69, 9.17) is 20.8 Å². The number of ether oxygens (including phenoxy) is 1. The van der Waals surface area contributed by atoms with Crippen molar-refractivity contribution in [2.45, 2.75) is 12.8 Å². The molecule has 0 aliphatic carbocycles. The van der Waals surface area contributed by atoms with E-state index in [1.165, 1.54) is 0 Å². The molecule has 0 saturated heterocycles. The Hall–Kier alpha value is -0.850. The van der Waals surface area contributed by atoms with E-state index in [2.05, 4.69) is 10.5 Å². The van der Waals surface area contributed by atoms with Crippen LogP contribution in [0, 0.1) is 0 Å². The molecule has 0 aliphatic rings. The minimum absolute atomic E-state index is 0.0664. The SMILES string of the molecule is NC(CCNCCCOCCO)=NO. The fraction of sp³-hybridized carbons (Fsp3) is 0.875. The van der Waals surface area contributed by atoms with Crippen LogP contribution in [0.4, 0.5) is 0 Å². The summed E-state index contributed by atoms with van der Waals surface area (Å²) in [4.78, 5) is 0. The third kappa shape index (κ3) is 9.24. The topological polar surface area (TPSA) is 100 Å².